The van der Waals surface area contributed by atoms with E-state index >= 15 is 0 Å². The van der Waals surface area contributed by atoms with E-state index in [0.29, 0.717) is 40.7 Å². The lowest BCUT2D eigenvalue weighted by atomic mass is 10.1. The van der Waals surface area contributed by atoms with Crippen molar-refractivity contribution in [1.29, 1.82) is 0 Å². The molecule has 3 rings (SSSR count). The molecule has 1 aromatic heterocycles. The molecule has 0 atom stereocenters. The SMILES string of the molecule is CCN(CC)C(=O)c1cccc(NC(=O)c2cccnc2SCc2ccc(F)cc2)c1. The van der Waals surface area contributed by atoms with Gasteiger partial charge in [0.05, 0.1) is 5.56 Å². The molecule has 5 nitrogen and oxygen atoms in total. The Balaban J connectivity index is 1.73. The maximum absolute atomic E-state index is 13.1. The molecule has 0 aliphatic rings. The molecule has 1 heterocycles. The first kappa shape index (κ1) is 22.5. The van der Waals surface area contributed by atoms with Crippen molar-refractivity contribution in [3.63, 3.8) is 0 Å². The van der Waals surface area contributed by atoms with E-state index in [1.807, 2.05) is 13.8 Å². The molecule has 0 radical (unpaired) electrons. The Hall–Kier alpha value is -3.19. The number of carbonyl (C=O) groups excluding carboxylic acids is 2. The number of pyridine rings is 1. The second-order valence-electron chi connectivity index (χ2n) is 6.78. The number of hydrogen-bond acceptors (Lipinski definition) is 4. The first-order chi connectivity index (χ1) is 15.0. The zero-order valence-corrected chi connectivity index (χ0v) is 18.3. The van der Waals surface area contributed by atoms with Crippen molar-refractivity contribution >= 4 is 29.3 Å². The zero-order valence-electron chi connectivity index (χ0n) is 17.5. The molecule has 0 saturated carbocycles. The molecule has 7 heteroatoms. The van der Waals surface area contributed by atoms with Gasteiger partial charge in [-0.3, -0.25) is 9.59 Å². The first-order valence-electron chi connectivity index (χ1n) is 10.0. The van der Waals surface area contributed by atoms with Crippen LogP contribution in [0, 0.1) is 5.82 Å². The summed E-state index contributed by atoms with van der Waals surface area (Å²) in [4.78, 5) is 31.6. The van der Waals surface area contributed by atoms with E-state index in [-0.39, 0.29) is 17.6 Å². The highest BCUT2D eigenvalue weighted by molar-refractivity contribution is 7.98. The number of benzene rings is 2. The van der Waals surface area contributed by atoms with Crippen molar-refractivity contribution in [2.45, 2.75) is 24.6 Å². The number of hydrogen-bond donors (Lipinski definition) is 1. The average molecular weight is 438 g/mol. The molecule has 2 amide bonds. The van der Waals surface area contributed by atoms with Crippen LogP contribution in [-0.4, -0.2) is 34.8 Å². The highest BCUT2D eigenvalue weighted by Gasteiger charge is 2.16. The third-order valence-corrected chi connectivity index (χ3v) is 5.80. The van der Waals surface area contributed by atoms with Crippen LogP contribution in [0.4, 0.5) is 10.1 Å². The van der Waals surface area contributed by atoms with Crippen LogP contribution in [0.5, 0.6) is 0 Å². The number of aromatic nitrogens is 1. The van der Waals surface area contributed by atoms with Gasteiger partial charge in [0.2, 0.25) is 0 Å². The smallest absolute Gasteiger partial charge is 0.258 e. The van der Waals surface area contributed by atoms with Crippen LogP contribution in [0.1, 0.15) is 40.1 Å². The standard InChI is InChI=1S/C24H24FN3O2S/c1-3-28(4-2)24(30)18-7-5-8-20(15-18)27-22(29)21-9-6-14-26-23(21)31-16-17-10-12-19(25)13-11-17/h5-15H,3-4,16H2,1-2H3,(H,27,29). The lowest BCUT2D eigenvalue weighted by Gasteiger charge is -2.19. The van der Waals surface area contributed by atoms with E-state index in [4.69, 9.17) is 0 Å². The number of carbonyl (C=O) groups is 2. The van der Waals surface area contributed by atoms with Gasteiger partial charge in [0.1, 0.15) is 10.8 Å². The summed E-state index contributed by atoms with van der Waals surface area (Å²) in [6.45, 7) is 5.10. The number of halogens is 1. The van der Waals surface area contributed by atoms with E-state index in [1.54, 1.807) is 59.6 Å². The highest BCUT2D eigenvalue weighted by Crippen LogP contribution is 2.25. The minimum atomic E-state index is -0.304. The fourth-order valence-corrected chi connectivity index (χ4v) is 3.98. The largest absolute Gasteiger partial charge is 0.339 e. The van der Waals surface area contributed by atoms with Crippen LogP contribution in [0.15, 0.2) is 71.9 Å². The number of anilines is 1. The maximum atomic E-state index is 13.1. The van der Waals surface area contributed by atoms with Gasteiger partial charge in [-0.15, -0.1) is 11.8 Å². The number of amides is 2. The quantitative estimate of drug-likeness (QED) is 0.489. The number of nitrogens with one attached hydrogen (secondary N) is 1. The summed E-state index contributed by atoms with van der Waals surface area (Å²) >= 11 is 1.41. The molecule has 0 bridgehead atoms. The van der Waals surface area contributed by atoms with Crippen molar-refractivity contribution < 1.29 is 14.0 Å². The van der Waals surface area contributed by atoms with Gasteiger partial charge in [-0.05, 0) is 61.9 Å². The average Bonchev–Trinajstić information content (AvgIpc) is 2.80. The Bertz CT molecular complexity index is 1050. The second kappa shape index (κ2) is 10.7. The van der Waals surface area contributed by atoms with Crippen LogP contribution in [0.25, 0.3) is 0 Å². The van der Waals surface area contributed by atoms with Gasteiger partial charge in [-0.2, -0.15) is 0 Å². The molecule has 0 fully saturated rings. The van der Waals surface area contributed by atoms with Crippen molar-refractivity contribution in [3.05, 3.63) is 89.4 Å². The van der Waals surface area contributed by atoms with Gasteiger partial charge in [0.15, 0.2) is 0 Å². The van der Waals surface area contributed by atoms with Crippen LogP contribution < -0.4 is 5.32 Å². The maximum Gasteiger partial charge on any atom is 0.258 e. The van der Waals surface area contributed by atoms with E-state index in [9.17, 15) is 14.0 Å². The van der Waals surface area contributed by atoms with Gasteiger partial charge in [-0.25, -0.2) is 9.37 Å². The number of thioether (sulfide) groups is 1. The van der Waals surface area contributed by atoms with Crippen LogP contribution >= 0.6 is 11.8 Å². The Morgan fingerprint density at radius 3 is 2.48 bits per heavy atom. The summed E-state index contributed by atoms with van der Waals surface area (Å²) in [5, 5.41) is 3.44. The molecule has 0 aliphatic heterocycles. The summed E-state index contributed by atoms with van der Waals surface area (Å²) in [6, 6.07) is 16.6. The van der Waals surface area contributed by atoms with Gasteiger partial charge in [-0.1, -0.05) is 18.2 Å². The lowest BCUT2D eigenvalue weighted by Crippen LogP contribution is -2.30. The van der Waals surface area contributed by atoms with E-state index < -0.39 is 0 Å². The molecule has 1 N–H and O–H groups in total. The molecular formula is C24H24FN3O2S. The van der Waals surface area contributed by atoms with Crippen molar-refractivity contribution in [2.75, 3.05) is 18.4 Å². The van der Waals surface area contributed by atoms with Gasteiger partial charge >= 0.3 is 0 Å². The topological polar surface area (TPSA) is 62.3 Å². The van der Waals surface area contributed by atoms with Gasteiger partial charge < -0.3 is 10.2 Å². The van der Waals surface area contributed by atoms with Crippen LogP contribution in [-0.2, 0) is 5.75 Å². The van der Waals surface area contributed by atoms with Crippen LogP contribution in [0.2, 0.25) is 0 Å². The summed E-state index contributed by atoms with van der Waals surface area (Å²) in [6.07, 6.45) is 1.63. The molecular weight excluding hydrogens is 413 g/mol. The monoisotopic (exact) mass is 437 g/mol. The molecule has 0 spiro atoms. The Labute approximate surface area is 185 Å². The predicted molar refractivity (Wildman–Crippen MR) is 122 cm³/mol. The third-order valence-electron chi connectivity index (χ3n) is 4.72. The van der Waals surface area contributed by atoms with Crippen LogP contribution in [0.3, 0.4) is 0 Å². The minimum absolute atomic E-state index is 0.0713. The summed E-state index contributed by atoms with van der Waals surface area (Å²) in [7, 11) is 0. The molecule has 0 unspecified atom stereocenters. The fourth-order valence-electron chi connectivity index (χ4n) is 3.03. The molecule has 0 saturated heterocycles. The number of nitrogens with zero attached hydrogens (tertiary/aromatic N) is 2. The van der Waals surface area contributed by atoms with Gasteiger partial charge in [0.25, 0.3) is 11.8 Å². The number of rotatable bonds is 8. The minimum Gasteiger partial charge on any atom is -0.339 e. The lowest BCUT2D eigenvalue weighted by molar-refractivity contribution is 0.0772. The van der Waals surface area contributed by atoms with E-state index in [2.05, 4.69) is 10.3 Å². The normalized spacial score (nSPS) is 10.5. The highest BCUT2D eigenvalue weighted by atomic mass is 32.2. The third kappa shape index (κ3) is 5.92. The Kier molecular flexibility index (Phi) is 7.78. The zero-order chi connectivity index (χ0) is 22.2. The first-order valence-corrected chi connectivity index (χ1v) is 11.0. The fraction of sp³-hybridized carbons (Fsp3) is 0.208. The summed E-state index contributed by atoms with van der Waals surface area (Å²) < 4.78 is 13.1. The summed E-state index contributed by atoms with van der Waals surface area (Å²) in [5.41, 5.74) is 2.45. The van der Waals surface area contributed by atoms with Gasteiger partial charge in [0, 0.05) is 36.3 Å². The Morgan fingerprint density at radius 1 is 1.03 bits per heavy atom. The Morgan fingerprint density at radius 2 is 1.77 bits per heavy atom. The van der Waals surface area contributed by atoms with Crippen molar-refractivity contribution in [3.8, 4) is 0 Å². The summed E-state index contributed by atoms with van der Waals surface area (Å²) in [5.74, 6) is -0.0978. The van der Waals surface area contributed by atoms with E-state index in [1.165, 1.54) is 23.9 Å². The van der Waals surface area contributed by atoms with E-state index in [0.717, 1.165) is 5.56 Å². The molecule has 160 valence electrons. The molecule has 3 aromatic rings. The predicted octanol–water partition coefficient (Wildman–Crippen LogP) is 5.25. The molecule has 2 aromatic carbocycles. The molecule has 31 heavy (non-hydrogen) atoms. The van der Waals surface area contributed by atoms with Crippen molar-refractivity contribution in [1.82, 2.24) is 9.88 Å². The second-order valence-corrected chi connectivity index (χ2v) is 7.75. The molecule has 0 aliphatic carbocycles. The van der Waals surface area contributed by atoms with Crippen molar-refractivity contribution in [2.24, 2.45) is 0 Å².